The molecule has 20 heavy (non-hydrogen) atoms. The Hall–Kier alpha value is -2.30. The highest BCUT2D eigenvalue weighted by Gasteiger charge is 2.12. The van der Waals surface area contributed by atoms with Crippen molar-refractivity contribution in [1.29, 1.82) is 0 Å². The van der Waals surface area contributed by atoms with Crippen molar-refractivity contribution in [2.45, 2.75) is 26.8 Å². The van der Waals surface area contributed by atoms with Crippen LogP contribution in [0.3, 0.4) is 0 Å². The van der Waals surface area contributed by atoms with E-state index in [1.165, 1.54) is 0 Å². The maximum atomic E-state index is 12.1. The third kappa shape index (κ3) is 2.82. The van der Waals surface area contributed by atoms with E-state index in [0.717, 1.165) is 17.7 Å². The molecule has 0 atom stereocenters. The summed E-state index contributed by atoms with van der Waals surface area (Å²) in [6.45, 7) is 4.20. The van der Waals surface area contributed by atoms with Crippen molar-refractivity contribution < 1.29 is 9.90 Å². The molecular weight excluding hydrogens is 254 g/mol. The van der Waals surface area contributed by atoms with Crippen LogP contribution in [-0.2, 0) is 20.0 Å². The highest BCUT2D eigenvalue weighted by Crippen LogP contribution is 2.19. The Bertz CT molecular complexity index is 632. The van der Waals surface area contributed by atoms with Crippen molar-refractivity contribution in [1.82, 2.24) is 15.1 Å². The molecule has 1 aromatic heterocycles. The van der Waals surface area contributed by atoms with Crippen LogP contribution in [0.15, 0.2) is 24.4 Å². The number of amides is 1. The lowest BCUT2D eigenvalue weighted by atomic mass is 10.1. The van der Waals surface area contributed by atoms with Crippen LogP contribution in [0.25, 0.3) is 0 Å². The minimum Gasteiger partial charge on any atom is -0.508 e. The van der Waals surface area contributed by atoms with Crippen molar-refractivity contribution in [3.63, 3.8) is 0 Å². The Morgan fingerprint density at radius 1 is 1.45 bits per heavy atom. The van der Waals surface area contributed by atoms with E-state index >= 15 is 0 Å². The molecule has 2 aromatic rings. The van der Waals surface area contributed by atoms with Crippen LogP contribution in [0.2, 0.25) is 0 Å². The largest absolute Gasteiger partial charge is 0.508 e. The van der Waals surface area contributed by atoms with Gasteiger partial charge in [0.1, 0.15) is 5.75 Å². The molecule has 0 bridgehead atoms. The van der Waals surface area contributed by atoms with Crippen molar-refractivity contribution >= 4 is 5.91 Å². The molecule has 1 aromatic carbocycles. The first-order chi connectivity index (χ1) is 9.52. The highest BCUT2D eigenvalue weighted by molar-refractivity contribution is 5.96. The summed E-state index contributed by atoms with van der Waals surface area (Å²) in [6, 6.07) is 4.94. The van der Waals surface area contributed by atoms with Gasteiger partial charge in [-0.05, 0) is 25.5 Å². The fraction of sp³-hybridized carbons (Fsp3) is 0.333. The lowest BCUT2D eigenvalue weighted by molar-refractivity contribution is 0.0950. The standard InChI is InChI=1S/C15H19N3O2/c1-4-13-11(9-18(3)17-13)8-16-15(20)12-6-5-7-14(19)10(12)2/h5-7,9,19H,4,8H2,1-3H3,(H,16,20). The molecule has 106 valence electrons. The number of nitrogens with one attached hydrogen (secondary N) is 1. The normalized spacial score (nSPS) is 10.6. The summed E-state index contributed by atoms with van der Waals surface area (Å²) in [6.07, 6.45) is 2.74. The summed E-state index contributed by atoms with van der Waals surface area (Å²) in [7, 11) is 1.86. The Labute approximate surface area is 118 Å². The number of rotatable bonds is 4. The molecule has 2 N–H and O–H groups in total. The van der Waals surface area contributed by atoms with Gasteiger partial charge in [-0.2, -0.15) is 5.10 Å². The Morgan fingerprint density at radius 3 is 2.90 bits per heavy atom. The summed E-state index contributed by atoms with van der Waals surface area (Å²) in [5.74, 6) is -0.0578. The average molecular weight is 273 g/mol. The third-order valence-electron chi connectivity index (χ3n) is 3.32. The first kappa shape index (κ1) is 14.1. The van der Waals surface area contributed by atoms with Gasteiger partial charge in [0, 0.05) is 36.5 Å². The summed E-state index contributed by atoms with van der Waals surface area (Å²) in [4.78, 5) is 12.1. The molecule has 0 aliphatic rings. The number of aryl methyl sites for hydroxylation is 2. The molecule has 2 rings (SSSR count). The third-order valence-corrected chi connectivity index (χ3v) is 3.32. The van der Waals surface area contributed by atoms with Crippen LogP contribution in [-0.4, -0.2) is 20.8 Å². The molecule has 1 amide bonds. The Balaban J connectivity index is 2.10. The molecular formula is C15H19N3O2. The number of aromatic nitrogens is 2. The zero-order valence-corrected chi connectivity index (χ0v) is 12.0. The molecule has 0 saturated carbocycles. The monoisotopic (exact) mass is 273 g/mol. The lowest BCUT2D eigenvalue weighted by Crippen LogP contribution is -2.23. The van der Waals surface area contributed by atoms with Gasteiger partial charge in [0.05, 0.1) is 5.69 Å². The maximum absolute atomic E-state index is 12.1. The van der Waals surface area contributed by atoms with E-state index in [9.17, 15) is 9.90 Å². The molecule has 0 fully saturated rings. The minimum atomic E-state index is -0.190. The molecule has 5 heteroatoms. The van der Waals surface area contributed by atoms with Gasteiger partial charge in [0.2, 0.25) is 0 Å². The second-order valence-electron chi connectivity index (χ2n) is 4.76. The summed E-state index contributed by atoms with van der Waals surface area (Å²) >= 11 is 0. The van der Waals surface area contributed by atoms with E-state index in [2.05, 4.69) is 10.4 Å². The zero-order valence-electron chi connectivity index (χ0n) is 12.0. The van der Waals surface area contributed by atoms with Crippen LogP contribution in [0.1, 0.15) is 34.1 Å². The quantitative estimate of drug-likeness (QED) is 0.894. The first-order valence-electron chi connectivity index (χ1n) is 6.61. The second kappa shape index (κ2) is 5.77. The maximum Gasteiger partial charge on any atom is 0.251 e. The SMILES string of the molecule is CCc1nn(C)cc1CNC(=O)c1cccc(O)c1C. The van der Waals surface area contributed by atoms with Gasteiger partial charge in [-0.3, -0.25) is 9.48 Å². The van der Waals surface area contributed by atoms with Gasteiger partial charge in [-0.1, -0.05) is 13.0 Å². The van der Waals surface area contributed by atoms with E-state index in [-0.39, 0.29) is 11.7 Å². The number of phenols is 1. The molecule has 0 saturated heterocycles. The number of benzene rings is 1. The van der Waals surface area contributed by atoms with Crippen LogP contribution < -0.4 is 5.32 Å². The molecule has 1 heterocycles. The van der Waals surface area contributed by atoms with Gasteiger partial charge >= 0.3 is 0 Å². The van der Waals surface area contributed by atoms with Gasteiger partial charge in [0.15, 0.2) is 0 Å². The van der Waals surface area contributed by atoms with Crippen LogP contribution >= 0.6 is 0 Å². The number of phenolic OH excluding ortho intramolecular Hbond substituents is 1. The molecule has 0 unspecified atom stereocenters. The van der Waals surface area contributed by atoms with Gasteiger partial charge < -0.3 is 10.4 Å². The average Bonchev–Trinajstić information content (AvgIpc) is 2.79. The lowest BCUT2D eigenvalue weighted by Gasteiger charge is -2.08. The first-order valence-corrected chi connectivity index (χ1v) is 6.61. The molecule has 0 aliphatic heterocycles. The van der Waals surface area contributed by atoms with Gasteiger partial charge in [-0.15, -0.1) is 0 Å². The Morgan fingerprint density at radius 2 is 2.20 bits per heavy atom. The smallest absolute Gasteiger partial charge is 0.251 e. The predicted octanol–water partition coefficient (Wildman–Crippen LogP) is 1.93. The fourth-order valence-electron chi connectivity index (χ4n) is 2.17. The molecule has 0 radical (unpaired) electrons. The van der Waals surface area contributed by atoms with Crippen molar-refractivity contribution in [3.8, 4) is 5.75 Å². The van der Waals surface area contributed by atoms with E-state index < -0.39 is 0 Å². The van der Waals surface area contributed by atoms with Crippen molar-refractivity contribution in [3.05, 3.63) is 46.8 Å². The number of carbonyl (C=O) groups excluding carboxylic acids is 1. The molecule has 0 spiro atoms. The summed E-state index contributed by atoms with van der Waals surface area (Å²) in [5.41, 5.74) is 3.08. The highest BCUT2D eigenvalue weighted by atomic mass is 16.3. The van der Waals surface area contributed by atoms with Gasteiger partial charge in [0.25, 0.3) is 5.91 Å². The van der Waals surface area contributed by atoms with E-state index in [4.69, 9.17) is 0 Å². The van der Waals surface area contributed by atoms with Gasteiger partial charge in [-0.25, -0.2) is 0 Å². The fourth-order valence-corrected chi connectivity index (χ4v) is 2.17. The van der Waals surface area contributed by atoms with Crippen LogP contribution in [0.4, 0.5) is 0 Å². The summed E-state index contributed by atoms with van der Waals surface area (Å²) < 4.78 is 1.75. The number of carbonyl (C=O) groups is 1. The predicted molar refractivity (Wildman–Crippen MR) is 76.6 cm³/mol. The number of hydrogen-bond donors (Lipinski definition) is 2. The topological polar surface area (TPSA) is 67.2 Å². The Kier molecular flexibility index (Phi) is 4.08. The molecule has 5 nitrogen and oxygen atoms in total. The van der Waals surface area contributed by atoms with E-state index in [1.54, 1.807) is 29.8 Å². The van der Waals surface area contributed by atoms with E-state index in [1.807, 2.05) is 20.2 Å². The number of hydrogen-bond acceptors (Lipinski definition) is 3. The zero-order chi connectivity index (χ0) is 14.7. The summed E-state index contributed by atoms with van der Waals surface area (Å²) in [5, 5.41) is 16.8. The van der Waals surface area contributed by atoms with Crippen molar-refractivity contribution in [2.24, 2.45) is 7.05 Å². The van der Waals surface area contributed by atoms with Crippen LogP contribution in [0, 0.1) is 6.92 Å². The number of aromatic hydroxyl groups is 1. The van der Waals surface area contributed by atoms with Crippen molar-refractivity contribution in [2.75, 3.05) is 0 Å². The minimum absolute atomic E-state index is 0.133. The van der Waals surface area contributed by atoms with Crippen LogP contribution in [0.5, 0.6) is 5.75 Å². The number of nitrogens with zero attached hydrogens (tertiary/aromatic N) is 2. The molecule has 0 aliphatic carbocycles. The van der Waals surface area contributed by atoms with E-state index in [0.29, 0.717) is 17.7 Å². The second-order valence-corrected chi connectivity index (χ2v) is 4.76.